The van der Waals surface area contributed by atoms with Crippen LogP contribution >= 0.6 is 0 Å². The van der Waals surface area contributed by atoms with Crippen LogP contribution in [0.15, 0.2) is 34.9 Å². The molecule has 0 bridgehead atoms. The van der Waals surface area contributed by atoms with E-state index in [9.17, 15) is 18.3 Å². The lowest BCUT2D eigenvalue weighted by molar-refractivity contribution is -0.274. The van der Waals surface area contributed by atoms with Gasteiger partial charge in [0.05, 0.1) is 24.4 Å². The van der Waals surface area contributed by atoms with E-state index in [2.05, 4.69) is 15.2 Å². The maximum Gasteiger partial charge on any atom is 0.573 e. The second-order valence-electron chi connectivity index (χ2n) is 7.24. The third-order valence-electron chi connectivity index (χ3n) is 4.26. The molecule has 1 aromatic carbocycles. The maximum absolute atomic E-state index is 12.2. The Hall–Kier alpha value is -2.10. The number of hydrogen-bond acceptors (Lipinski definition) is 6. The number of aromatic nitrogens is 1. The molecule has 2 aromatic rings. The molecule has 2 heterocycles. The third-order valence-corrected chi connectivity index (χ3v) is 4.26. The Balaban J connectivity index is 1.59. The van der Waals surface area contributed by atoms with Crippen LogP contribution in [0.1, 0.15) is 30.9 Å². The minimum atomic E-state index is -4.70. The van der Waals surface area contributed by atoms with Crippen LogP contribution in [0.2, 0.25) is 0 Å². The van der Waals surface area contributed by atoms with Crippen LogP contribution in [0.25, 0.3) is 0 Å². The Labute approximate surface area is 154 Å². The van der Waals surface area contributed by atoms with Gasteiger partial charge < -0.3 is 24.4 Å². The average molecular weight is 386 g/mol. The lowest BCUT2D eigenvalue weighted by atomic mass is 9.90. The molecule has 1 saturated heterocycles. The standard InChI is InChI=1S/C18H21F3N2O4/c1-16(2,24)15-7-13(23-27-15)8-17(10-25-11-17)22-9-12-3-5-14(6-4-12)26-18(19,20)21/h3-7,22,24H,8-11H2,1-2H3. The van der Waals surface area contributed by atoms with Crippen molar-refractivity contribution in [2.75, 3.05) is 13.2 Å². The van der Waals surface area contributed by atoms with Crippen LogP contribution < -0.4 is 10.1 Å². The number of alkyl halides is 3. The Kier molecular flexibility index (Phi) is 5.20. The van der Waals surface area contributed by atoms with Gasteiger partial charge in [-0.25, -0.2) is 0 Å². The molecule has 9 heteroatoms. The summed E-state index contributed by atoms with van der Waals surface area (Å²) in [7, 11) is 0. The van der Waals surface area contributed by atoms with Crippen LogP contribution in [0.4, 0.5) is 13.2 Å². The molecule has 2 N–H and O–H groups in total. The van der Waals surface area contributed by atoms with Gasteiger partial charge in [0, 0.05) is 19.0 Å². The van der Waals surface area contributed by atoms with Crippen LogP contribution in [0, 0.1) is 0 Å². The largest absolute Gasteiger partial charge is 0.573 e. The topological polar surface area (TPSA) is 76.8 Å². The molecule has 1 aliphatic rings. The van der Waals surface area contributed by atoms with Crippen LogP contribution in [0.3, 0.4) is 0 Å². The lowest BCUT2D eigenvalue weighted by Crippen LogP contribution is -2.61. The van der Waals surface area contributed by atoms with E-state index < -0.39 is 12.0 Å². The van der Waals surface area contributed by atoms with E-state index in [1.54, 1.807) is 32.0 Å². The van der Waals surface area contributed by atoms with Crippen molar-refractivity contribution in [3.63, 3.8) is 0 Å². The van der Waals surface area contributed by atoms with Gasteiger partial charge in [0.25, 0.3) is 0 Å². The van der Waals surface area contributed by atoms with Crippen LogP contribution in [-0.4, -0.2) is 35.4 Å². The summed E-state index contributed by atoms with van der Waals surface area (Å²) in [5, 5.41) is 17.3. The summed E-state index contributed by atoms with van der Waals surface area (Å²) in [5.74, 6) is 0.128. The second kappa shape index (κ2) is 7.14. The average Bonchev–Trinajstić information content (AvgIpc) is 2.98. The SMILES string of the molecule is CC(C)(O)c1cc(CC2(NCc3ccc(OC(F)(F)F)cc3)COC2)no1. The van der Waals surface area contributed by atoms with E-state index in [1.807, 2.05) is 0 Å². The first-order chi connectivity index (χ1) is 12.5. The van der Waals surface area contributed by atoms with E-state index in [-0.39, 0.29) is 11.3 Å². The Morgan fingerprint density at radius 2 is 1.89 bits per heavy atom. The van der Waals surface area contributed by atoms with Crippen molar-refractivity contribution in [1.29, 1.82) is 0 Å². The van der Waals surface area contributed by atoms with Gasteiger partial charge in [0.1, 0.15) is 11.4 Å². The quantitative estimate of drug-likeness (QED) is 0.762. The van der Waals surface area contributed by atoms with Crippen LogP contribution in [0.5, 0.6) is 5.75 Å². The Morgan fingerprint density at radius 1 is 1.22 bits per heavy atom. The molecular weight excluding hydrogens is 365 g/mol. The molecule has 0 amide bonds. The predicted octanol–water partition coefficient (Wildman–Crippen LogP) is 2.90. The van der Waals surface area contributed by atoms with Gasteiger partial charge in [-0.2, -0.15) is 0 Å². The van der Waals surface area contributed by atoms with Gasteiger partial charge in [-0.1, -0.05) is 17.3 Å². The van der Waals surface area contributed by atoms with Crippen molar-refractivity contribution in [3.8, 4) is 5.75 Å². The highest BCUT2D eigenvalue weighted by Crippen LogP contribution is 2.27. The molecule has 27 heavy (non-hydrogen) atoms. The zero-order valence-corrected chi connectivity index (χ0v) is 15.0. The van der Waals surface area contributed by atoms with E-state index >= 15 is 0 Å². The summed E-state index contributed by atoms with van der Waals surface area (Å²) < 4.78 is 51.0. The number of halogens is 3. The maximum atomic E-state index is 12.2. The molecule has 0 unspecified atom stereocenters. The molecule has 0 aliphatic carbocycles. The Morgan fingerprint density at radius 3 is 2.37 bits per heavy atom. The van der Waals surface area contributed by atoms with Gasteiger partial charge in [-0.15, -0.1) is 13.2 Å². The van der Waals surface area contributed by atoms with Gasteiger partial charge >= 0.3 is 6.36 Å². The number of hydrogen-bond donors (Lipinski definition) is 2. The second-order valence-corrected chi connectivity index (χ2v) is 7.24. The smallest absolute Gasteiger partial charge is 0.406 e. The fourth-order valence-electron chi connectivity index (χ4n) is 2.74. The molecule has 0 atom stereocenters. The van der Waals surface area contributed by atoms with Crippen molar-refractivity contribution in [3.05, 3.63) is 47.3 Å². The van der Waals surface area contributed by atoms with Crippen molar-refractivity contribution in [2.45, 2.75) is 44.3 Å². The van der Waals surface area contributed by atoms with Crippen molar-refractivity contribution in [1.82, 2.24) is 10.5 Å². The first-order valence-electron chi connectivity index (χ1n) is 8.41. The fourth-order valence-corrected chi connectivity index (χ4v) is 2.74. The number of nitrogens with one attached hydrogen (secondary N) is 1. The van der Waals surface area contributed by atoms with Gasteiger partial charge in [-0.3, -0.25) is 0 Å². The molecule has 1 fully saturated rings. The molecule has 148 valence electrons. The summed E-state index contributed by atoms with van der Waals surface area (Å²) in [6, 6.07) is 7.42. The molecule has 0 spiro atoms. The lowest BCUT2D eigenvalue weighted by Gasteiger charge is -2.42. The summed E-state index contributed by atoms with van der Waals surface area (Å²) in [6.07, 6.45) is -4.16. The van der Waals surface area contributed by atoms with Gasteiger partial charge in [0.15, 0.2) is 5.76 Å². The van der Waals surface area contributed by atoms with E-state index in [1.165, 1.54) is 12.1 Å². The third kappa shape index (κ3) is 5.21. The molecule has 0 saturated carbocycles. The van der Waals surface area contributed by atoms with Crippen molar-refractivity contribution >= 4 is 0 Å². The first kappa shape index (κ1) is 19.7. The summed E-state index contributed by atoms with van der Waals surface area (Å²) in [5.41, 5.74) is 0.0573. The zero-order chi connectivity index (χ0) is 19.7. The minimum absolute atomic E-state index is 0.255. The highest BCUT2D eigenvalue weighted by atomic mass is 19.4. The van der Waals surface area contributed by atoms with E-state index in [0.717, 1.165) is 5.56 Å². The van der Waals surface area contributed by atoms with Gasteiger partial charge in [0.2, 0.25) is 0 Å². The molecule has 1 aliphatic heterocycles. The predicted molar refractivity (Wildman–Crippen MR) is 89.0 cm³/mol. The monoisotopic (exact) mass is 386 g/mol. The minimum Gasteiger partial charge on any atom is -0.406 e. The summed E-state index contributed by atoms with van der Waals surface area (Å²) in [4.78, 5) is 0. The van der Waals surface area contributed by atoms with E-state index in [4.69, 9.17) is 9.26 Å². The number of rotatable bonds is 7. The fraction of sp³-hybridized carbons (Fsp3) is 0.500. The molecule has 1 aromatic heterocycles. The summed E-state index contributed by atoms with van der Waals surface area (Å²) in [6.45, 7) is 4.64. The summed E-state index contributed by atoms with van der Waals surface area (Å²) >= 11 is 0. The molecule has 0 radical (unpaired) electrons. The zero-order valence-electron chi connectivity index (χ0n) is 15.0. The Bertz CT molecular complexity index is 762. The number of ether oxygens (including phenoxy) is 2. The number of nitrogens with zero attached hydrogens (tertiary/aromatic N) is 1. The normalized spacial score (nSPS) is 16.8. The van der Waals surface area contributed by atoms with Crippen molar-refractivity contribution < 1.29 is 32.3 Å². The molecular formula is C18H21F3N2O4. The molecule has 6 nitrogen and oxygen atoms in total. The first-order valence-corrected chi connectivity index (χ1v) is 8.41. The highest BCUT2D eigenvalue weighted by Gasteiger charge is 2.39. The highest BCUT2D eigenvalue weighted by molar-refractivity contribution is 5.27. The van der Waals surface area contributed by atoms with Crippen molar-refractivity contribution in [2.24, 2.45) is 0 Å². The van der Waals surface area contributed by atoms with E-state index in [0.29, 0.717) is 37.6 Å². The molecule has 3 rings (SSSR count). The van der Waals surface area contributed by atoms with Gasteiger partial charge in [-0.05, 0) is 31.5 Å². The number of benzene rings is 1. The van der Waals surface area contributed by atoms with Crippen LogP contribution in [-0.2, 0) is 23.3 Å². The number of aliphatic hydroxyl groups is 1.